The molecule has 1 fully saturated rings. The molecule has 0 N–H and O–H groups in total. The molecule has 2 aromatic carbocycles. The highest BCUT2D eigenvalue weighted by atomic mass is 32.2. The molecule has 0 aromatic heterocycles. The summed E-state index contributed by atoms with van der Waals surface area (Å²) in [6, 6.07) is 16.4. The summed E-state index contributed by atoms with van der Waals surface area (Å²) in [7, 11) is 4.03. The van der Waals surface area contributed by atoms with Crippen LogP contribution in [0.3, 0.4) is 0 Å². The number of benzene rings is 2. The number of carbonyl (C=O) groups excluding carboxylic acids is 1. The van der Waals surface area contributed by atoms with Crippen LogP contribution in [0.5, 0.6) is 0 Å². The van der Waals surface area contributed by atoms with Crippen LogP contribution < -0.4 is 4.90 Å². The Labute approximate surface area is 165 Å². The summed E-state index contributed by atoms with van der Waals surface area (Å²) >= 11 is 1.44. The highest BCUT2D eigenvalue weighted by Crippen LogP contribution is 2.34. The van der Waals surface area contributed by atoms with Crippen LogP contribution in [0.4, 0.5) is 11.4 Å². The fourth-order valence-corrected chi connectivity index (χ4v) is 3.87. The number of likely N-dealkylation sites (N-methyl/N-ethyl adjacent to an activating group) is 1. The van der Waals surface area contributed by atoms with Crippen molar-refractivity contribution in [2.24, 2.45) is 4.99 Å². The number of hydrogen-bond acceptors (Lipinski definition) is 4. The molecule has 1 saturated heterocycles. The number of rotatable bonds is 5. The third-order valence-corrected chi connectivity index (χ3v) is 5.49. The lowest BCUT2D eigenvalue weighted by Gasteiger charge is -2.12. The Kier molecular flexibility index (Phi) is 6.01. The fraction of sp³-hybridized carbons (Fsp3) is 0.273. The van der Waals surface area contributed by atoms with E-state index in [-0.39, 0.29) is 5.91 Å². The highest BCUT2D eigenvalue weighted by Gasteiger charge is 2.32. The van der Waals surface area contributed by atoms with E-state index in [4.69, 9.17) is 4.99 Å². The van der Waals surface area contributed by atoms with E-state index in [1.165, 1.54) is 17.3 Å². The standard InChI is InChI=1S/C22H25N3OS/c1-5-16-7-11-18(12-8-16)23-22-25(6-2)21(26)20(27-22)15-17-9-13-19(14-10-17)24(3)4/h7-15H,5-6H2,1-4H3/b20-15+,23-22?. The van der Waals surface area contributed by atoms with Gasteiger partial charge in [0.1, 0.15) is 0 Å². The van der Waals surface area contributed by atoms with Gasteiger partial charge in [0.2, 0.25) is 0 Å². The summed E-state index contributed by atoms with van der Waals surface area (Å²) in [5.41, 5.74) is 4.30. The Morgan fingerprint density at radius 3 is 2.26 bits per heavy atom. The number of hydrogen-bond donors (Lipinski definition) is 0. The summed E-state index contributed by atoms with van der Waals surface area (Å²) in [6.07, 6.45) is 2.95. The zero-order chi connectivity index (χ0) is 19.4. The van der Waals surface area contributed by atoms with Crippen LogP contribution >= 0.6 is 11.8 Å². The van der Waals surface area contributed by atoms with Crippen LogP contribution in [-0.2, 0) is 11.2 Å². The number of aryl methyl sites for hydroxylation is 1. The predicted octanol–water partition coefficient (Wildman–Crippen LogP) is 4.94. The second kappa shape index (κ2) is 8.44. The zero-order valence-electron chi connectivity index (χ0n) is 16.3. The Hall–Kier alpha value is -2.53. The van der Waals surface area contributed by atoms with Gasteiger partial charge < -0.3 is 4.90 Å². The molecular formula is C22H25N3OS. The van der Waals surface area contributed by atoms with Crippen molar-refractivity contribution in [3.05, 3.63) is 64.6 Å². The van der Waals surface area contributed by atoms with Gasteiger partial charge in [-0.1, -0.05) is 31.2 Å². The van der Waals surface area contributed by atoms with Crippen molar-refractivity contribution in [3.8, 4) is 0 Å². The molecule has 140 valence electrons. The number of amides is 1. The van der Waals surface area contributed by atoms with Gasteiger partial charge in [-0.25, -0.2) is 4.99 Å². The molecule has 2 aromatic rings. The summed E-state index contributed by atoms with van der Waals surface area (Å²) < 4.78 is 0. The first kappa shape index (κ1) is 19.2. The molecule has 0 spiro atoms. The topological polar surface area (TPSA) is 35.9 Å². The Morgan fingerprint density at radius 1 is 1.04 bits per heavy atom. The first-order chi connectivity index (χ1) is 13.0. The number of aliphatic imine (C=N–C) groups is 1. The van der Waals surface area contributed by atoms with E-state index < -0.39 is 0 Å². The molecule has 1 aliphatic heterocycles. The minimum absolute atomic E-state index is 0.0168. The lowest BCUT2D eigenvalue weighted by atomic mass is 10.2. The molecule has 1 aliphatic rings. The van der Waals surface area contributed by atoms with Crippen LogP contribution in [0, 0.1) is 0 Å². The first-order valence-corrected chi connectivity index (χ1v) is 10.00. The second-order valence-electron chi connectivity index (χ2n) is 6.56. The van der Waals surface area contributed by atoms with E-state index >= 15 is 0 Å². The second-order valence-corrected chi connectivity index (χ2v) is 7.57. The normalized spacial score (nSPS) is 17.2. The maximum absolute atomic E-state index is 12.8. The van der Waals surface area contributed by atoms with Gasteiger partial charge in [-0.15, -0.1) is 0 Å². The Balaban J connectivity index is 1.85. The minimum atomic E-state index is 0.0168. The van der Waals surface area contributed by atoms with Crippen molar-refractivity contribution in [2.75, 3.05) is 25.5 Å². The summed E-state index contributed by atoms with van der Waals surface area (Å²) in [4.78, 5) is 22.0. The van der Waals surface area contributed by atoms with Gasteiger partial charge in [-0.05, 0) is 66.6 Å². The Morgan fingerprint density at radius 2 is 1.70 bits per heavy atom. The van der Waals surface area contributed by atoms with E-state index in [0.717, 1.165) is 28.5 Å². The molecule has 0 aliphatic carbocycles. The smallest absolute Gasteiger partial charge is 0.266 e. The maximum Gasteiger partial charge on any atom is 0.266 e. The van der Waals surface area contributed by atoms with Crippen LogP contribution in [0.15, 0.2) is 58.4 Å². The molecule has 1 amide bonds. The molecule has 4 nitrogen and oxygen atoms in total. The average Bonchev–Trinajstić information content (AvgIpc) is 2.97. The molecule has 3 rings (SSSR count). The molecule has 5 heteroatoms. The molecule has 0 bridgehead atoms. The van der Waals surface area contributed by atoms with Crippen LogP contribution in [0.2, 0.25) is 0 Å². The molecular weight excluding hydrogens is 354 g/mol. The largest absolute Gasteiger partial charge is 0.378 e. The molecule has 0 radical (unpaired) electrons. The lowest BCUT2D eigenvalue weighted by molar-refractivity contribution is -0.122. The number of thioether (sulfide) groups is 1. The number of anilines is 1. The van der Waals surface area contributed by atoms with Gasteiger partial charge in [0.05, 0.1) is 10.6 Å². The van der Waals surface area contributed by atoms with Gasteiger partial charge >= 0.3 is 0 Å². The van der Waals surface area contributed by atoms with Gasteiger partial charge in [0.15, 0.2) is 5.17 Å². The van der Waals surface area contributed by atoms with Crippen molar-refractivity contribution >= 4 is 40.3 Å². The SMILES string of the molecule is CCc1ccc(N=C2S/C(=C/c3ccc(N(C)C)cc3)C(=O)N2CC)cc1. The monoisotopic (exact) mass is 379 g/mol. The third kappa shape index (κ3) is 4.42. The first-order valence-electron chi connectivity index (χ1n) is 9.18. The van der Waals surface area contributed by atoms with Gasteiger partial charge in [0, 0.05) is 26.3 Å². The van der Waals surface area contributed by atoms with Crippen molar-refractivity contribution in [3.63, 3.8) is 0 Å². The van der Waals surface area contributed by atoms with Crippen molar-refractivity contribution < 1.29 is 4.79 Å². The van der Waals surface area contributed by atoms with Crippen LogP contribution in [-0.4, -0.2) is 36.6 Å². The highest BCUT2D eigenvalue weighted by molar-refractivity contribution is 8.18. The summed E-state index contributed by atoms with van der Waals surface area (Å²) in [5, 5.41) is 0.739. The van der Waals surface area contributed by atoms with Crippen molar-refractivity contribution in [2.45, 2.75) is 20.3 Å². The lowest BCUT2D eigenvalue weighted by Crippen LogP contribution is -2.28. The van der Waals surface area contributed by atoms with Crippen LogP contribution in [0.25, 0.3) is 6.08 Å². The van der Waals surface area contributed by atoms with Gasteiger partial charge in [-0.3, -0.25) is 9.69 Å². The van der Waals surface area contributed by atoms with Gasteiger partial charge in [-0.2, -0.15) is 0 Å². The number of nitrogens with zero attached hydrogens (tertiary/aromatic N) is 3. The summed E-state index contributed by atoms with van der Waals surface area (Å²) in [6.45, 7) is 4.71. The van der Waals surface area contributed by atoms with Crippen molar-refractivity contribution in [1.82, 2.24) is 4.90 Å². The average molecular weight is 380 g/mol. The minimum Gasteiger partial charge on any atom is -0.378 e. The van der Waals surface area contributed by atoms with E-state index in [0.29, 0.717) is 11.4 Å². The molecule has 0 unspecified atom stereocenters. The quantitative estimate of drug-likeness (QED) is 0.691. The predicted molar refractivity (Wildman–Crippen MR) is 117 cm³/mol. The van der Waals surface area contributed by atoms with Crippen LogP contribution in [0.1, 0.15) is 25.0 Å². The molecule has 0 atom stereocenters. The maximum atomic E-state index is 12.8. The fourth-order valence-electron chi connectivity index (χ4n) is 2.81. The molecule has 1 heterocycles. The van der Waals surface area contributed by atoms with E-state index in [1.54, 1.807) is 4.90 Å². The van der Waals surface area contributed by atoms with Gasteiger partial charge in [0.25, 0.3) is 5.91 Å². The number of amidine groups is 1. The van der Waals surface area contributed by atoms with E-state index in [2.05, 4.69) is 36.1 Å². The summed E-state index contributed by atoms with van der Waals surface area (Å²) in [5.74, 6) is 0.0168. The zero-order valence-corrected chi connectivity index (χ0v) is 17.1. The Bertz CT molecular complexity index is 867. The third-order valence-electron chi connectivity index (χ3n) is 4.48. The van der Waals surface area contributed by atoms with E-state index in [1.807, 2.05) is 51.4 Å². The number of carbonyl (C=O) groups is 1. The van der Waals surface area contributed by atoms with Crippen molar-refractivity contribution in [1.29, 1.82) is 0 Å². The molecule has 0 saturated carbocycles. The molecule has 27 heavy (non-hydrogen) atoms. The van der Waals surface area contributed by atoms with E-state index in [9.17, 15) is 4.79 Å².